The van der Waals surface area contributed by atoms with E-state index in [1.807, 2.05) is 31.2 Å². The lowest BCUT2D eigenvalue weighted by molar-refractivity contribution is -0.128. The minimum absolute atomic E-state index is 0.145. The first-order valence-electron chi connectivity index (χ1n) is 7.89. The largest absolute Gasteiger partial charge is 0.497 e. The van der Waals surface area contributed by atoms with Gasteiger partial charge in [0, 0.05) is 18.7 Å². The maximum atomic E-state index is 12.9. The van der Waals surface area contributed by atoms with Crippen molar-refractivity contribution in [2.24, 2.45) is 0 Å². The summed E-state index contributed by atoms with van der Waals surface area (Å²) >= 11 is 0. The summed E-state index contributed by atoms with van der Waals surface area (Å²) in [4.78, 5) is 27.0. The van der Waals surface area contributed by atoms with Crippen molar-refractivity contribution in [1.29, 1.82) is 0 Å². The third kappa shape index (κ3) is 3.11. The number of carbonyl (C=O) groups excluding carboxylic acids is 2. The average Bonchev–Trinajstić information content (AvgIpc) is 2.61. The van der Waals surface area contributed by atoms with E-state index in [0.29, 0.717) is 24.4 Å². The van der Waals surface area contributed by atoms with Crippen molar-refractivity contribution in [3.05, 3.63) is 65.2 Å². The molecule has 1 unspecified atom stereocenters. The fourth-order valence-electron chi connectivity index (χ4n) is 2.96. The van der Waals surface area contributed by atoms with Gasteiger partial charge in [0.1, 0.15) is 11.8 Å². The van der Waals surface area contributed by atoms with Gasteiger partial charge >= 0.3 is 0 Å². The number of carbonyl (C=O) groups is 2. The van der Waals surface area contributed by atoms with Crippen molar-refractivity contribution in [3.63, 3.8) is 0 Å². The van der Waals surface area contributed by atoms with Gasteiger partial charge in [-0.1, -0.05) is 29.8 Å². The number of hydrogen-bond acceptors (Lipinski definition) is 3. The van der Waals surface area contributed by atoms with E-state index >= 15 is 0 Å². The molecule has 2 aromatic rings. The quantitative estimate of drug-likeness (QED) is 0.942. The van der Waals surface area contributed by atoms with Gasteiger partial charge in [0.05, 0.1) is 7.11 Å². The molecular weight excluding hydrogens is 304 g/mol. The minimum Gasteiger partial charge on any atom is -0.497 e. The zero-order valence-electron chi connectivity index (χ0n) is 13.8. The predicted octanol–water partition coefficient (Wildman–Crippen LogP) is 2.32. The Bertz CT molecular complexity index is 755. The molecule has 0 radical (unpaired) electrons. The lowest BCUT2D eigenvalue weighted by atomic mass is 9.99. The summed E-state index contributed by atoms with van der Waals surface area (Å²) in [6.45, 7) is 2.91. The van der Waals surface area contributed by atoms with E-state index in [-0.39, 0.29) is 11.8 Å². The molecule has 5 heteroatoms. The molecule has 1 atom stereocenters. The second kappa shape index (κ2) is 6.74. The number of nitrogens with one attached hydrogen (secondary N) is 1. The molecule has 0 bridgehead atoms. The second-order valence-corrected chi connectivity index (χ2v) is 5.83. The summed E-state index contributed by atoms with van der Waals surface area (Å²) < 4.78 is 5.13. The van der Waals surface area contributed by atoms with Crippen LogP contribution in [0.4, 0.5) is 0 Å². The third-order valence-corrected chi connectivity index (χ3v) is 4.17. The number of piperazine rings is 1. The summed E-state index contributed by atoms with van der Waals surface area (Å²) in [6, 6.07) is 14.1. The van der Waals surface area contributed by atoms with Gasteiger partial charge < -0.3 is 15.0 Å². The van der Waals surface area contributed by atoms with E-state index in [4.69, 9.17) is 4.74 Å². The Morgan fingerprint density at radius 2 is 1.96 bits per heavy atom. The zero-order chi connectivity index (χ0) is 17.1. The number of ether oxygens (including phenoxy) is 1. The first-order valence-corrected chi connectivity index (χ1v) is 7.89. The summed E-state index contributed by atoms with van der Waals surface area (Å²) in [5.41, 5.74) is 2.43. The van der Waals surface area contributed by atoms with E-state index in [1.165, 1.54) is 0 Å². The van der Waals surface area contributed by atoms with Crippen LogP contribution in [-0.4, -0.2) is 36.9 Å². The Morgan fingerprint density at radius 1 is 1.21 bits per heavy atom. The summed E-state index contributed by atoms with van der Waals surface area (Å²) in [5, 5.41) is 2.85. The third-order valence-electron chi connectivity index (χ3n) is 4.17. The van der Waals surface area contributed by atoms with Gasteiger partial charge in [-0.05, 0) is 36.8 Å². The maximum absolute atomic E-state index is 12.9. The highest BCUT2D eigenvalue weighted by Crippen LogP contribution is 2.26. The molecule has 124 valence electrons. The molecule has 1 aliphatic heterocycles. The topological polar surface area (TPSA) is 58.6 Å². The van der Waals surface area contributed by atoms with E-state index in [0.717, 1.165) is 11.1 Å². The second-order valence-electron chi connectivity index (χ2n) is 5.83. The van der Waals surface area contributed by atoms with Crippen LogP contribution in [0.3, 0.4) is 0 Å². The fraction of sp³-hybridized carbons (Fsp3) is 0.263. The monoisotopic (exact) mass is 324 g/mol. The summed E-state index contributed by atoms with van der Waals surface area (Å²) in [7, 11) is 1.58. The standard InChI is InChI=1S/C19H20N2O3/c1-13-4-3-5-15(12-13)17-18(22)20-10-11-21(17)19(23)14-6-8-16(24-2)9-7-14/h3-9,12,17H,10-11H2,1-2H3,(H,20,22). The minimum atomic E-state index is -0.603. The Balaban J connectivity index is 1.93. The Labute approximate surface area is 141 Å². The van der Waals surface area contributed by atoms with Crippen molar-refractivity contribution in [3.8, 4) is 5.75 Å². The van der Waals surface area contributed by atoms with Crippen LogP contribution in [0.5, 0.6) is 5.75 Å². The van der Waals surface area contributed by atoms with E-state index in [2.05, 4.69) is 5.32 Å². The molecule has 0 aromatic heterocycles. The number of aryl methyl sites for hydroxylation is 1. The van der Waals surface area contributed by atoms with Crippen molar-refractivity contribution in [2.75, 3.05) is 20.2 Å². The van der Waals surface area contributed by atoms with E-state index in [9.17, 15) is 9.59 Å². The maximum Gasteiger partial charge on any atom is 0.254 e. The molecule has 1 fully saturated rings. The molecule has 1 aliphatic rings. The van der Waals surface area contributed by atoms with Crippen LogP contribution in [0.1, 0.15) is 27.5 Å². The van der Waals surface area contributed by atoms with Crippen molar-refractivity contribution in [1.82, 2.24) is 10.2 Å². The van der Waals surface area contributed by atoms with Crippen LogP contribution >= 0.6 is 0 Å². The molecular formula is C19H20N2O3. The molecule has 0 saturated carbocycles. The Morgan fingerprint density at radius 3 is 2.62 bits per heavy atom. The predicted molar refractivity (Wildman–Crippen MR) is 91.0 cm³/mol. The number of hydrogen-bond donors (Lipinski definition) is 1. The molecule has 3 rings (SSSR count). The number of methoxy groups -OCH3 is 1. The van der Waals surface area contributed by atoms with Crippen molar-refractivity contribution < 1.29 is 14.3 Å². The Kier molecular flexibility index (Phi) is 4.51. The van der Waals surface area contributed by atoms with Gasteiger partial charge in [0.2, 0.25) is 5.91 Å². The Hall–Kier alpha value is -2.82. The highest BCUT2D eigenvalue weighted by molar-refractivity contribution is 5.98. The van der Waals surface area contributed by atoms with Gasteiger partial charge in [0.25, 0.3) is 5.91 Å². The molecule has 0 aliphatic carbocycles. The SMILES string of the molecule is COc1ccc(C(=O)N2CCNC(=O)C2c2cccc(C)c2)cc1. The van der Waals surface area contributed by atoms with Gasteiger partial charge in [-0.2, -0.15) is 0 Å². The van der Waals surface area contributed by atoms with Gasteiger partial charge in [-0.3, -0.25) is 9.59 Å². The van der Waals surface area contributed by atoms with Crippen LogP contribution in [-0.2, 0) is 4.79 Å². The van der Waals surface area contributed by atoms with E-state index in [1.54, 1.807) is 36.3 Å². The molecule has 1 saturated heterocycles. The van der Waals surface area contributed by atoms with Crippen LogP contribution in [0, 0.1) is 6.92 Å². The number of nitrogens with zero attached hydrogens (tertiary/aromatic N) is 1. The van der Waals surface area contributed by atoms with Crippen LogP contribution in [0.25, 0.3) is 0 Å². The molecule has 2 aromatic carbocycles. The van der Waals surface area contributed by atoms with Crippen LogP contribution in [0.15, 0.2) is 48.5 Å². The molecule has 1 N–H and O–H groups in total. The summed E-state index contributed by atoms with van der Waals surface area (Å²) in [6.07, 6.45) is 0. The first kappa shape index (κ1) is 16.1. The lowest BCUT2D eigenvalue weighted by Gasteiger charge is -2.35. The highest BCUT2D eigenvalue weighted by atomic mass is 16.5. The smallest absolute Gasteiger partial charge is 0.254 e. The van der Waals surface area contributed by atoms with Gasteiger partial charge in [-0.15, -0.1) is 0 Å². The fourth-order valence-corrected chi connectivity index (χ4v) is 2.96. The number of amides is 2. The van der Waals surface area contributed by atoms with Crippen molar-refractivity contribution >= 4 is 11.8 Å². The van der Waals surface area contributed by atoms with Gasteiger partial charge in [0.15, 0.2) is 0 Å². The first-order chi connectivity index (χ1) is 11.6. The van der Waals surface area contributed by atoms with E-state index < -0.39 is 6.04 Å². The molecule has 0 spiro atoms. The molecule has 2 amide bonds. The highest BCUT2D eigenvalue weighted by Gasteiger charge is 2.34. The zero-order valence-corrected chi connectivity index (χ0v) is 13.8. The average molecular weight is 324 g/mol. The molecule has 24 heavy (non-hydrogen) atoms. The normalized spacial score (nSPS) is 17.3. The number of rotatable bonds is 3. The summed E-state index contributed by atoms with van der Waals surface area (Å²) in [5.74, 6) is 0.394. The van der Waals surface area contributed by atoms with Crippen LogP contribution in [0.2, 0.25) is 0 Å². The molecule has 1 heterocycles. The van der Waals surface area contributed by atoms with Gasteiger partial charge in [-0.25, -0.2) is 0 Å². The van der Waals surface area contributed by atoms with Crippen molar-refractivity contribution in [2.45, 2.75) is 13.0 Å². The lowest BCUT2D eigenvalue weighted by Crippen LogP contribution is -2.52. The van der Waals surface area contributed by atoms with Crippen LogP contribution < -0.4 is 10.1 Å². The molecule has 5 nitrogen and oxygen atoms in total. The number of benzene rings is 2.